The number of halogens is 1. The van der Waals surface area contributed by atoms with Gasteiger partial charge in [-0.05, 0) is 35.9 Å². The predicted molar refractivity (Wildman–Crippen MR) is 120 cm³/mol. The molecule has 7 heteroatoms. The van der Waals surface area contributed by atoms with Gasteiger partial charge in [0.25, 0.3) is 5.91 Å². The lowest BCUT2D eigenvalue weighted by molar-refractivity contribution is -0.133. The Morgan fingerprint density at radius 1 is 0.906 bits per heavy atom. The Morgan fingerprint density at radius 3 is 2.22 bits per heavy atom. The summed E-state index contributed by atoms with van der Waals surface area (Å²) in [6.45, 7) is -0.205. The van der Waals surface area contributed by atoms with Crippen LogP contribution in [0, 0.1) is 5.82 Å². The summed E-state index contributed by atoms with van der Waals surface area (Å²) in [5.41, 5.74) is 1.58. The van der Waals surface area contributed by atoms with Gasteiger partial charge in [-0.1, -0.05) is 54.6 Å². The summed E-state index contributed by atoms with van der Waals surface area (Å²) in [5, 5.41) is 5.47. The SMILES string of the molecule is CN(CC(=O)Nc1cccc(F)c1)C(=O)CC(NC(=O)c1ccccc1)c1ccccc1. The van der Waals surface area contributed by atoms with E-state index >= 15 is 0 Å². The number of rotatable bonds is 8. The van der Waals surface area contributed by atoms with Crippen molar-refractivity contribution in [3.05, 3.63) is 102 Å². The molecule has 0 aromatic heterocycles. The molecule has 3 aromatic carbocycles. The molecule has 0 aliphatic carbocycles. The van der Waals surface area contributed by atoms with Crippen LogP contribution in [0.15, 0.2) is 84.9 Å². The molecule has 0 bridgehead atoms. The van der Waals surface area contributed by atoms with E-state index < -0.39 is 17.8 Å². The normalized spacial score (nSPS) is 11.3. The largest absolute Gasteiger partial charge is 0.345 e. The number of likely N-dealkylation sites (N-methyl/N-ethyl adjacent to an activating group) is 1. The van der Waals surface area contributed by atoms with Crippen molar-refractivity contribution < 1.29 is 18.8 Å². The van der Waals surface area contributed by atoms with Crippen molar-refractivity contribution in [2.45, 2.75) is 12.5 Å². The minimum Gasteiger partial charge on any atom is -0.345 e. The van der Waals surface area contributed by atoms with Gasteiger partial charge in [-0.25, -0.2) is 4.39 Å². The van der Waals surface area contributed by atoms with Crippen molar-refractivity contribution in [1.82, 2.24) is 10.2 Å². The third kappa shape index (κ3) is 6.50. The van der Waals surface area contributed by atoms with Crippen molar-refractivity contribution in [3.8, 4) is 0 Å². The zero-order chi connectivity index (χ0) is 22.9. The summed E-state index contributed by atoms with van der Waals surface area (Å²) in [6, 6.07) is 22.9. The molecular formula is C25H24FN3O3. The first-order valence-corrected chi connectivity index (χ1v) is 10.1. The molecule has 0 aliphatic heterocycles. The molecule has 3 aromatic rings. The van der Waals surface area contributed by atoms with E-state index in [0.29, 0.717) is 11.3 Å². The van der Waals surface area contributed by atoms with E-state index in [1.54, 1.807) is 30.3 Å². The van der Waals surface area contributed by atoms with E-state index in [2.05, 4.69) is 10.6 Å². The molecule has 3 rings (SSSR count). The van der Waals surface area contributed by atoms with Crippen molar-refractivity contribution >= 4 is 23.4 Å². The molecule has 0 saturated heterocycles. The van der Waals surface area contributed by atoms with E-state index in [0.717, 1.165) is 5.56 Å². The second-order valence-electron chi connectivity index (χ2n) is 7.32. The Labute approximate surface area is 186 Å². The minimum atomic E-state index is -0.565. The quantitative estimate of drug-likeness (QED) is 0.568. The van der Waals surface area contributed by atoms with Gasteiger partial charge in [-0.3, -0.25) is 14.4 Å². The Morgan fingerprint density at radius 2 is 1.56 bits per heavy atom. The van der Waals surface area contributed by atoms with Gasteiger partial charge in [0.05, 0.1) is 19.0 Å². The van der Waals surface area contributed by atoms with Gasteiger partial charge in [0.1, 0.15) is 5.82 Å². The highest BCUT2D eigenvalue weighted by atomic mass is 19.1. The summed E-state index contributed by atoms with van der Waals surface area (Å²) >= 11 is 0. The Kier molecular flexibility index (Phi) is 7.70. The molecule has 164 valence electrons. The van der Waals surface area contributed by atoms with Gasteiger partial charge >= 0.3 is 0 Å². The van der Waals surface area contributed by atoms with Crippen molar-refractivity contribution in [3.63, 3.8) is 0 Å². The molecule has 0 aliphatic rings. The van der Waals surface area contributed by atoms with Crippen LogP contribution in [0.2, 0.25) is 0 Å². The highest BCUT2D eigenvalue weighted by Crippen LogP contribution is 2.19. The standard InChI is InChI=1S/C25H24FN3O3/c1-29(17-23(30)27-21-14-8-13-20(26)15-21)24(31)16-22(18-9-4-2-5-10-18)28-25(32)19-11-6-3-7-12-19/h2-15,22H,16-17H2,1H3,(H,27,30)(H,28,32). The van der Waals surface area contributed by atoms with Crippen LogP contribution in [0.25, 0.3) is 0 Å². The number of nitrogens with one attached hydrogen (secondary N) is 2. The molecule has 0 fully saturated rings. The van der Waals surface area contributed by atoms with Crippen molar-refractivity contribution in [2.75, 3.05) is 18.9 Å². The van der Waals surface area contributed by atoms with Crippen molar-refractivity contribution in [2.24, 2.45) is 0 Å². The maximum Gasteiger partial charge on any atom is 0.251 e. The molecule has 1 unspecified atom stereocenters. The molecule has 32 heavy (non-hydrogen) atoms. The van der Waals surface area contributed by atoms with Crippen molar-refractivity contribution in [1.29, 1.82) is 0 Å². The minimum absolute atomic E-state index is 0.0215. The van der Waals surface area contributed by atoms with Gasteiger partial charge in [0, 0.05) is 18.3 Å². The number of hydrogen-bond donors (Lipinski definition) is 2. The van der Waals surface area contributed by atoms with Gasteiger partial charge < -0.3 is 15.5 Å². The van der Waals surface area contributed by atoms with Crippen LogP contribution < -0.4 is 10.6 Å². The molecule has 0 saturated carbocycles. The van der Waals surface area contributed by atoms with E-state index in [1.807, 2.05) is 36.4 Å². The number of hydrogen-bond acceptors (Lipinski definition) is 3. The summed E-state index contributed by atoms with van der Waals surface area (Å²) in [7, 11) is 1.51. The number of carbonyl (C=O) groups is 3. The predicted octanol–water partition coefficient (Wildman–Crippen LogP) is 3.78. The maximum absolute atomic E-state index is 13.3. The number of carbonyl (C=O) groups excluding carboxylic acids is 3. The number of anilines is 1. The average molecular weight is 433 g/mol. The lowest BCUT2D eigenvalue weighted by atomic mass is 10.0. The van der Waals surface area contributed by atoms with E-state index in [1.165, 1.54) is 30.1 Å². The topological polar surface area (TPSA) is 78.5 Å². The van der Waals surface area contributed by atoms with E-state index in [4.69, 9.17) is 0 Å². The van der Waals surface area contributed by atoms with Gasteiger partial charge in [0.2, 0.25) is 11.8 Å². The molecule has 1 atom stereocenters. The fourth-order valence-corrected chi connectivity index (χ4v) is 3.17. The second kappa shape index (κ2) is 10.9. The first-order valence-electron chi connectivity index (χ1n) is 10.1. The highest BCUT2D eigenvalue weighted by Gasteiger charge is 2.22. The summed E-state index contributed by atoms with van der Waals surface area (Å²) in [4.78, 5) is 39.0. The van der Waals surface area contributed by atoms with Crippen LogP contribution in [-0.2, 0) is 9.59 Å². The van der Waals surface area contributed by atoms with Gasteiger partial charge in [-0.15, -0.1) is 0 Å². The Bertz CT molecular complexity index is 1070. The lowest BCUT2D eigenvalue weighted by Gasteiger charge is -2.23. The first-order chi connectivity index (χ1) is 15.4. The molecule has 0 radical (unpaired) electrons. The van der Waals surface area contributed by atoms with Crippen LogP contribution in [-0.4, -0.2) is 36.2 Å². The van der Waals surface area contributed by atoms with Crippen LogP contribution in [0.3, 0.4) is 0 Å². The fourth-order valence-electron chi connectivity index (χ4n) is 3.17. The summed E-state index contributed by atoms with van der Waals surface area (Å²) in [5.74, 6) is -1.52. The van der Waals surface area contributed by atoms with E-state index in [9.17, 15) is 18.8 Å². The van der Waals surface area contributed by atoms with Gasteiger partial charge in [-0.2, -0.15) is 0 Å². The van der Waals surface area contributed by atoms with Crippen LogP contribution in [0.5, 0.6) is 0 Å². The number of amides is 3. The zero-order valence-corrected chi connectivity index (χ0v) is 17.6. The molecule has 0 spiro atoms. The van der Waals surface area contributed by atoms with Crippen LogP contribution in [0.4, 0.5) is 10.1 Å². The third-order valence-electron chi connectivity index (χ3n) is 4.84. The third-order valence-corrected chi connectivity index (χ3v) is 4.84. The average Bonchev–Trinajstić information content (AvgIpc) is 2.79. The first kappa shape index (κ1) is 22.7. The van der Waals surface area contributed by atoms with Crippen LogP contribution >= 0.6 is 0 Å². The molecule has 3 amide bonds. The maximum atomic E-state index is 13.3. The van der Waals surface area contributed by atoms with E-state index in [-0.39, 0.29) is 24.8 Å². The van der Waals surface area contributed by atoms with Gasteiger partial charge in [0.15, 0.2) is 0 Å². The van der Waals surface area contributed by atoms with Crippen LogP contribution in [0.1, 0.15) is 28.4 Å². The molecule has 6 nitrogen and oxygen atoms in total. The lowest BCUT2D eigenvalue weighted by Crippen LogP contribution is -2.38. The summed E-state index contributed by atoms with van der Waals surface area (Å²) < 4.78 is 13.3. The Hall–Kier alpha value is -4.00. The molecule has 0 heterocycles. The zero-order valence-electron chi connectivity index (χ0n) is 17.6. The number of benzene rings is 3. The second-order valence-corrected chi connectivity index (χ2v) is 7.32. The number of nitrogens with zero attached hydrogens (tertiary/aromatic N) is 1. The highest BCUT2D eigenvalue weighted by molar-refractivity contribution is 5.96. The molecule has 2 N–H and O–H groups in total. The molecular weight excluding hydrogens is 409 g/mol. The smallest absolute Gasteiger partial charge is 0.251 e. The Balaban J connectivity index is 1.64. The summed E-state index contributed by atoms with van der Waals surface area (Å²) in [6.07, 6.45) is -0.0215. The monoisotopic (exact) mass is 433 g/mol. The fraction of sp³-hybridized carbons (Fsp3) is 0.160.